The summed E-state index contributed by atoms with van der Waals surface area (Å²) in [6.07, 6.45) is 3.88. The molecule has 5 nitrogen and oxygen atoms in total. The lowest BCUT2D eigenvalue weighted by Crippen LogP contribution is -2.44. The molecule has 146 valence electrons. The molecule has 2 aromatic rings. The molecule has 0 saturated carbocycles. The Bertz CT molecular complexity index is 716. The van der Waals surface area contributed by atoms with E-state index in [9.17, 15) is 4.79 Å². The van der Waals surface area contributed by atoms with Crippen molar-refractivity contribution < 1.29 is 9.53 Å². The van der Waals surface area contributed by atoms with Crippen molar-refractivity contribution in [2.24, 2.45) is 5.92 Å². The second-order valence-electron chi connectivity index (χ2n) is 6.95. The Balaban J connectivity index is 1.56. The first-order valence-electron chi connectivity index (χ1n) is 9.80. The summed E-state index contributed by atoms with van der Waals surface area (Å²) in [4.78, 5) is 21.3. The Kier molecular flexibility index (Phi) is 7.24. The Morgan fingerprint density at radius 3 is 2.96 bits per heavy atom. The number of hydrogen-bond acceptors (Lipinski definition) is 5. The predicted octanol–water partition coefficient (Wildman–Crippen LogP) is 3.80. The molecular weight excluding hydrogens is 358 g/mol. The lowest BCUT2D eigenvalue weighted by Gasteiger charge is -2.34. The van der Waals surface area contributed by atoms with Crippen molar-refractivity contribution in [3.05, 3.63) is 46.4 Å². The fraction of sp³-hybridized carbons (Fsp3) is 0.524. The van der Waals surface area contributed by atoms with Crippen LogP contribution in [0.4, 0.5) is 0 Å². The van der Waals surface area contributed by atoms with E-state index in [0.29, 0.717) is 12.5 Å². The van der Waals surface area contributed by atoms with E-state index in [1.165, 1.54) is 5.56 Å². The van der Waals surface area contributed by atoms with Crippen LogP contribution in [-0.2, 0) is 17.9 Å². The largest absolute Gasteiger partial charge is 0.486 e. The van der Waals surface area contributed by atoms with E-state index in [4.69, 9.17) is 4.74 Å². The van der Waals surface area contributed by atoms with Crippen LogP contribution in [0, 0.1) is 5.92 Å². The van der Waals surface area contributed by atoms with E-state index >= 15 is 0 Å². The Morgan fingerprint density at radius 2 is 2.22 bits per heavy atom. The maximum absolute atomic E-state index is 12.7. The van der Waals surface area contributed by atoms with Gasteiger partial charge in [-0.1, -0.05) is 12.1 Å². The minimum absolute atomic E-state index is 0.128. The van der Waals surface area contributed by atoms with Crippen LogP contribution in [0.5, 0.6) is 5.75 Å². The fourth-order valence-electron chi connectivity index (χ4n) is 3.66. The second-order valence-corrected chi connectivity index (χ2v) is 7.93. The van der Waals surface area contributed by atoms with Gasteiger partial charge < -0.3 is 9.64 Å². The van der Waals surface area contributed by atoms with E-state index in [1.54, 1.807) is 17.5 Å². The second kappa shape index (κ2) is 9.85. The summed E-state index contributed by atoms with van der Waals surface area (Å²) in [5, 5.41) is 2.94. The predicted molar refractivity (Wildman–Crippen MR) is 109 cm³/mol. The van der Waals surface area contributed by atoms with E-state index in [2.05, 4.69) is 35.9 Å². The van der Waals surface area contributed by atoms with Gasteiger partial charge in [0, 0.05) is 37.8 Å². The lowest BCUT2D eigenvalue weighted by molar-refractivity contribution is -0.137. The molecule has 2 heterocycles. The average Bonchev–Trinajstić information content (AvgIpc) is 3.21. The van der Waals surface area contributed by atoms with Gasteiger partial charge in [0.1, 0.15) is 17.4 Å². The molecule has 1 aromatic heterocycles. The van der Waals surface area contributed by atoms with Crippen LogP contribution < -0.4 is 4.74 Å². The number of rotatable bonds is 8. The number of carbonyl (C=O) groups excluding carboxylic acids is 1. The van der Waals surface area contributed by atoms with E-state index < -0.39 is 0 Å². The zero-order valence-electron chi connectivity index (χ0n) is 16.3. The number of nitrogens with zero attached hydrogens (tertiary/aromatic N) is 3. The first-order chi connectivity index (χ1) is 13.2. The van der Waals surface area contributed by atoms with Gasteiger partial charge in [-0.05, 0) is 50.9 Å². The molecule has 6 heteroatoms. The van der Waals surface area contributed by atoms with Crippen LogP contribution >= 0.6 is 11.3 Å². The summed E-state index contributed by atoms with van der Waals surface area (Å²) in [6.45, 7) is 8.96. The SMILES string of the molecule is CCN(CC)C(=O)C1CCCN(Cc2cccc(OCc3nccs3)c2)C1. The Hall–Kier alpha value is -1.92. The highest BCUT2D eigenvalue weighted by Gasteiger charge is 2.28. The summed E-state index contributed by atoms with van der Waals surface area (Å²) < 4.78 is 5.87. The first-order valence-corrected chi connectivity index (χ1v) is 10.7. The summed E-state index contributed by atoms with van der Waals surface area (Å²) >= 11 is 1.60. The molecule has 0 bridgehead atoms. The maximum Gasteiger partial charge on any atom is 0.226 e. The number of benzene rings is 1. The normalized spacial score (nSPS) is 17.6. The molecule has 0 aliphatic carbocycles. The standard InChI is InChI=1S/C21H29N3O2S/c1-3-24(4-2)21(25)18-8-6-11-23(15-18)14-17-7-5-9-19(13-17)26-16-20-22-10-12-27-20/h5,7,9-10,12-13,18H,3-4,6,8,11,14-16H2,1-2H3. The quantitative estimate of drug-likeness (QED) is 0.691. The van der Waals surface area contributed by atoms with Crippen molar-refractivity contribution >= 4 is 17.2 Å². The van der Waals surface area contributed by atoms with Crippen molar-refractivity contribution in [3.63, 3.8) is 0 Å². The highest BCUT2D eigenvalue weighted by atomic mass is 32.1. The number of ether oxygens (including phenoxy) is 1. The molecule has 3 rings (SSSR count). The third-order valence-corrected chi connectivity index (χ3v) is 5.83. The van der Waals surface area contributed by atoms with Gasteiger partial charge in [-0.25, -0.2) is 4.98 Å². The third kappa shape index (κ3) is 5.53. The number of carbonyl (C=O) groups is 1. The van der Waals surface area contributed by atoms with Gasteiger partial charge in [-0.3, -0.25) is 9.69 Å². The molecular formula is C21H29N3O2S. The summed E-state index contributed by atoms with van der Waals surface area (Å²) in [5.74, 6) is 1.31. The molecule has 1 aliphatic heterocycles. The van der Waals surface area contributed by atoms with Gasteiger partial charge in [-0.2, -0.15) is 0 Å². The lowest BCUT2D eigenvalue weighted by atomic mass is 9.96. The molecule has 0 N–H and O–H groups in total. The molecule has 0 spiro atoms. The number of piperidine rings is 1. The zero-order chi connectivity index (χ0) is 19.1. The number of amides is 1. The summed E-state index contributed by atoms with van der Waals surface area (Å²) in [5.41, 5.74) is 1.22. The number of hydrogen-bond donors (Lipinski definition) is 0. The van der Waals surface area contributed by atoms with Crippen molar-refractivity contribution in [2.75, 3.05) is 26.2 Å². The monoisotopic (exact) mass is 387 g/mol. The van der Waals surface area contributed by atoms with E-state index in [0.717, 1.165) is 56.3 Å². The van der Waals surface area contributed by atoms with Crippen molar-refractivity contribution in [1.82, 2.24) is 14.8 Å². The van der Waals surface area contributed by atoms with Crippen molar-refractivity contribution in [3.8, 4) is 5.75 Å². The molecule has 1 atom stereocenters. The molecule has 1 saturated heterocycles. The van der Waals surface area contributed by atoms with Gasteiger partial charge in [0.25, 0.3) is 0 Å². The smallest absolute Gasteiger partial charge is 0.226 e. The number of likely N-dealkylation sites (tertiary alicyclic amines) is 1. The van der Waals surface area contributed by atoms with Crippen LogP contribution in [0.3, 0.4) is 0 Å². The van der Waals surface area contributed by atoms with E-state index in [-0.39, 0.29) is 5.92 Å². The molecule has 1 aromatic carbocycles. The number of thiazole rings is 1. The average molecular weight is 388 g/mol. The Labute approximate surface area is 166 Å². The third-order valence-electron chi connectivity index (χ3n) is 5.08. The Morgan fingerprint density at radius 1 is 1.37 bits per heavy atom. The minimum Gasteiger partial charge on any atom is -0.486 e. The maximum atomic E-state index is 12.7. The molecule has 1 amide bonds. The van der Waals surface area contributed by atoms with Crippen molar-refractivity contribution in [1.29, 1.82) is 0 Å². The van der Waals surface area contributed by atoms with Crippen LogP contribution in [0.1, 0.15) is 37.3 Å². The highest BCUT2D eigenvalue weighted by molar-refractivity contribution is 7.09. The molecule has 27 heavy (non-hydrogen) atoms. The van der Waals surface area contributed by atoms with Crippen LogP contribution in [0.25, 0.3) is 0 Å². The van der Waals surface area contributed by atoms with Crippen molar-refractivity contribution in [2.45, 2.75) is 39.8 Å². The van der Waals surface area contributed by atoms with Crippen LogP contribution in [0.2, 0.25) is 0 Å². The highest BCUT2D eigenvalue weighted by Crippen LogP contribution is 2.22. The first kappa shape index (κ1) is 19.8. The van der Waals surface area contributed by atoms with Gasteiger partial charge >= 0.3 is 0 Å². The molecule has 1 fully saturated rings. The van der Waals surface area contributed by atoms with Gasteiger partial charge in [0.05, 0.1) is 5.92 Å². The fourth-order valence-corrected chi connectivity index (χ4v) is 4.18. The zero-order valence-corrected chi connectivity index (χ0v) is 17.1. The number of aromatic nitrogens is 1. The van der Waals surface area contributed by atoms with Gasteiger partial charge in [0.15, 0.2) is 0 Å². The minimum atomic E-state index is 0.128. The topological polar surface area (TPSA) is 45.7 Å². The van der Waals surface area contributed by atoms with E-state index in [1.807, 2.05) is 22.4 Å². The van der Waals surface area contributed by atoms with Gasteiger partial charge in [-0.15, -0.1) is 11.3 Å². The van der Waals surface area contributed by atoms with Gasteiger partial charge in [0.2, 0.25) is 5.91 Å². The molecule has 0 radical (unpaired) electrons. The van der Waals surface area contributed by atoms with Crippen LogP contribution in [0.15, 0.2) is 35.8 Å². The summed E-state index contributed by atoms with van der Waals surface area (Å²) in [7, 11) is 0. The van der Waals surface area contributed by atoms with Crippen LogP contribution in [-0.4, -0.2) is 46.9 Å². The summed E-state index contributed by atoms with van der Waals surface area (Å²) in [6, 6.07) is 8.25. The molecule has 1 unspecified atom stereocenters. The molecule has 1 aliphatic rings.